The lowest BCUT2D eigenvalue weighted by Gasteiger charge is -2.27. The summed E-state index contributed by atoms with van der Waals surface area (Å²) in [5.41, 5.74) is 1.84. The average molecular weight is 341 g/mol. The molecule has 0 saturated carbocycles. The smallest absolute Gasteiger partial charge is 0.326 e. The molecule has 2 rings (SSSR count). The summed E-state index contributed by atoms with van der Waals surface area (Å²) < 4.78 is 5.30. The van der Waals surface area contributed by atoms with Crippen LogP contribution in [-0.2, 0) is 22.6 Å². The van der Waals surface area contributed by atoms with E-state index >= 15 is 0 Å². The molecule has 2 aromatic rings. The number of carbonyl (C=O) groups excluding carboxylic acids is 1. The summed E-state index contributed by atoms with van der Waals surface area (Å²) in [4.78, 5) is 25.5. The van der Waals surface area contributed by atoms with Gasteiger partial charge in [0.1, 0.15) is 11.8 Å². The van der Waals surface area contributed by atoms with Gasteiger partial charge in [0.15, 0.2) is 0 Å². The van der Waals surface area contributed by atoms with Crippen LogP contribution in [0.3, 0.4) is 0 Å². The summed E-state index contributed by atoms with van der Waals surface area (Å²) in [6.07, 6.45) is 0.727. The molecule has 0 aliphatic carbocycles. The third-order valence-electron chi connectivity index (χ3n) is 4.14. The first-order valence-corrected chi connectivity index (χ1v) is 8.21. The molecule has 0 saturated heterocycles. The Hall–Kier alpha value is -2.82. The number of hydrogen-bond acceptors (Lipinski definition) is 3. The quantitative estimate of drug-likeness (QED) is 0.801. The number of benzene rings is 2. The molecule has 1 atom stereocenters. The third-order valence-corrected chi connectivity index (χ3v) is 4.14. The van der Waals surface area contributed by atoms with Crippen molar-refractivity contribution in [1.29, 1.82) is 0 Å². The number of carbonyl (C=O) groups is 2. The summed E-state index contributed by atoms with van der Waals surface area (Å²) >= 11 is 0. The van der Waals surface area contributed by atoms with Crippen LogP contribution in [0.5, 0.6) is 5.75 Å². The Morgan fingerprint density at radius 2 is 1.72 bits per heavy atom. The molecular formula is C20H23NO4. The minimum absolute atomic E-state index is 0.190. The van der Waals surface area contributed by atoms with Crippen molar-refractivity contribution >= 4 is 11.9 Å². The normalized spacial score (nSPS) is 11.6. The van der Waals surface area contributed by atoms with Gasteiger partial charge >= 0.3 is 5.97 Å². The number of aryl methyl sites for hydroxylation is 1. The van der Waals surface area contributed by atoms with Gasteiger partial charge in [0, 0.05) is 13.0 Å². The Balaban J connectivity index is 2.10. The summed E-state index contributed by atoms with van der Waals surface area (Å²) in [5.74, 6) is -0.470. The zero-order valence-corrected chi connectivity index (χ0v) is 14.5. The molecule has 0 radical (unpaired) electrons. The van der Waals surface area contributed by atoms with Gasteiger partial charge in [-0.2, -0.15) is 0 Å². The summed E-state index contributed by atoms with van der Waals surface area (Å²) in [5, 5.41) is 9.33. The third kappa shape index (κ3) is 5.08. The van der Waals surface area contributed by atoms with Gasteiger partial charge in [-0.25, -0.2) is 4.79 Å². The molecule has 5 heteroatoms. The highest BCUT2D eigenvalue weighted by Gasteiger charge is 2.25. The second-order valence-corrected chi connectivity index (χ2v) is 5.83. The maximum Gasteiger partial charge on any atom is 0.326 e. The first kappa shape index (κ1) is 18.5. The molecule has 1 amide bonds. The molecule has 132 valence electrons. The van der Waals surface area contributed by atoms with E-state index in [2.05, 4.69) is 0 Å². The number of ether oxygens (including phenoxy) is 1. The molecular weight excluding hydrogens is 318 g/mol. The van der Waals surface area contributed by atoms with Crippen LogP contribution in [0.2, 0.25) is 0 Å². The fraction of sp³-hybridized carbons (Fsp3) is 0.300. The van der Waals surface area contributed by atoms with Gasteiger partial charge in [0.25, 0.3) is 0 Å². The second kappa shape index (κ2) is 8.87. The summed E-state index contributed by atoms with van der Waals surface area (Å²) in [6.45, 7) is 1.81. The molecule has 1 N–H and O–H groups in total. The zero-order valence-electron chi connectivity index (χ0n) is 14.5. The van der Waals surface area contributed by atoms with Gasteiger partial charge < -0.3 is 14.7 Å². The van der Waals surface area contributed by atoms with Crippen molar-refractivity contribution in [1.82, 2.24) is 4.90 Å². The van der Waals surface area contributed by atoms with E-state index in [9.17, 15) is 14.7 Å². The van der Waals surface area contributed by atoms with Gasteiger partial charge in [-0.15, -0.1) is 0 Å². The maximum atomic E-state index is 12.7. The van der Waals surface area contributed by atoms with Crippen LogP contribution >= 0.6 is 0 Å². The Morgan fingerprint density at radius 1 is 1.08 bits per heavy atom. The molecule has 0 fully saturated rings. The van der Waals surface area contributed by atoms with E-state index in [-0.39, 0.29) is 18.9 Å². The standard InChI is InChI=1S/C20H23NO4/c1-15(20(23)24)21(14-16-8-4-3-5-9-16)19(22)13-12-17-10-6-7-11-18(17)25-2/h3-11,15H,12-14H2,1-2H3,(H,23,24). The Morgan fingerprint density at radius 3 is 2.36 bits per heavy atom. The van der Waals surface area contributed by atoms with Crippen LogP contribution in [0.1, 0.15) is 24.5 Å². The van der Waals surface area contributed by atoms with Crippen molar-refractivity contribution in [2.75, 3.05) is 7.11 Å². The van der Waals surface area contributed by atoms with Gasteiger partial charge in [-0.1, -0.05) is 48.5 Å². The molecule has 2 aromatic carbocycles. The van der Waals surface area contributed by atoms with E-state index in [1.165, 1.54) is 11.8 Å². The molecule has 5 nitrogen and oxygen atoms in total. The average Bonchev–Trinajstić information content (AvgIpc) is 2.64. The minimum Gasteiger partial charge on any atom is -0.496 e. The van der Waals surface area contributed by atoms with Crippen molar-refractivity contribution in [3.05, 3.63) is 65.7 Å². The van der Waals surface area contributed by atoms with Crippen LogP contribution in [0.4, 0.5) is 0 Å². The number of hydrogen-bond donors (Lipinski definition) is 1. The van der Waals surface area contributed by atoms with Crippen molar-refractivity contribution in [3.8, 4) is 5.75 Å². The lowest BCUT2D eigenvalue weighted by Crippen LogP contribution is -2.42. The van der Waals surface area contributed by atoms with Crippen LogP contribution in [-0.4, -0.2) is 35.0 Å². The van der Waals surface area contributed by atoms with Crippen molar-refractivity contribution in [3.63, 3.8) is 0 Å². The van der Waals surface area contributed by atoms with Crippen LogP contribution < -0.4 is 4.74 Å². The first-order chi connectivity index (χ1) is 12.0. The van der Waals surface area contributed by atoms with Crippen LogP contribution in [0, 0.1) is 0 Å². The Labute approximate surface area is 147 Å². The minimum atomic E-state index is -1.01. The van der Waals surface area contributed by atoms with Crippen molar-refractivity contribution in [2.24, 2.45) is 0 Å². The molecule has 0 aliphatic rings. The highest BCUT2D eigenvalue weighted by atomic mass is 16.5. The summed E-state index contributed by atoms with van der Waals surface area (Å²) in [7, 11) is 1.59. The molecule has 0 bridgehead atoms. The first-order valence-electron chi connectivity index (χ1n) is 8.21. The number of carboxylic acid groups (broad SMARTS) is 1. The number of para-hydroxylation sites is 1. The van der Waals surface area contributed by atoms with Crippen molar-refractivity contribution in [2.45, 2.75) is 32.4 Å². The SMILES string of the molecule is COc1ccccc1CCC(=O)N(Cc1ccccc1)C(C)C(=O)O. The highest BCUT2D eigenvalue weighted by Crippen LogP contribution is 2.20. The molecule has 0 aliphatic heterocycles. The predicted octanol–water partition coefficient (Wildman–Crippen LogP) is 3.13. The summed E-state index contributed by atoms with van der Waals surface area (Å²) in [6, 6.07) is 16.0. The van der Waals surface area contributed by atoms with Crippen LogP contribution in [0.15, 0.2) is 54.6 Å². The van der Waals surface area contributed by atoms with Crippen LogP contribution in [0.25, 0.3) is 0 Å². The molecule has 0 heterocycles. The molecule has 25 heavy (non-hydrogen) atoms. The van der Waals surface area contributed by atoms with E-state index < -0.39 is 12.0 Å². The lowest BCUT2D eigenvalue weighted by atomic mass is 10.1. The van der Waals surface area contributed by atoms with Gasteiger partial charge in [0.2, 0.25) is 5.91 Å². The van der Waals surface area contributed by atoms with E-state index in [4.69, 9.17) is 4.74 Å². The predicted molar refractivity (Wildman–Crippen MR) is 95.4 cm³/mol. The lowest BCUT2D eigenvalue weighted by molar-refractivity contribution is -0.150. The van der Waals surface area contributed by atoms with Gasteiger partial charge in [0.05, 0.1) is 7.11 Å². The monoisotopic (exact) mass is 341 g/mol. The molecule has 1 unspecified atom stereocenters. The van der Waals surface area contributed by atoms with Crippen molar-refractivity contribution < 1.29 is 19.4 Å². The number of methoxy groups -OCH3 is 1. The topological polar surface area (TPSA) is 66.8 Å². The number of nitrogens with zero attached hydrogens (tertiary/aromatic N) is 1. The van der Waals surface area contributed by atoms with E-state index in [0.29, 0.717) is 6.42 Å². The highest BCUT2D eigenvalue weighted by molar-refractivity contribution is 5.83. The fourth-order valence-corrected chi connectivity index (χ4v) is 2.65. The molecule has 0 spiro atoms. The number of amides is 1. The zero-order chi connectivity index (χ0) is 18.2. The second-order valence-electron chi connectivity index (χ2n) is 5.83. The van der Waals surface area contributed by atoms with E-state index in [1.54, 1.807) is 7.11 Å². The maximum absolute atomic E-state index is 12.7. The van der Waals surface area contributed by atoms with Gasteiger partial charge in [-0.05, 0) is 30.5 Å². The number of aliphatic carboxylic acids is 1. The van der Waals surface area contributed by atoms with E-state index in [0.717, 1.165) is 16.9 Å². The number of rotatable bonds is 8. The fourth-order valence-electron chi connectivity index (χ4n) is 2.65. The number of carboxylic acids is 1. The van der Waals surface area contributed by atoms with Gasteiger partial charge in [-0.3, -0.25) is 4.79 Å². The largest absolute Gasteiger partial charge is 0.496 e. The Bertz CT molecular complexity index is 715. The molecule has 0 aromatic heterocycles. The Kier molecular flexibility index (Phi) is 6.57. The van der Waals surface area contributed by atoms with E-state index in [1.807, 2.05) is 54.6 Å².